The third-order valence-corrected chi connectivity index (χ3v) is 3.97. The standard InChI is InChI=1S/C17H21NO2/c19-17(16-6-3-10-18-16)9-11-20-15-8-7-13-4-1-2-5-14(13)12-15/h1-2,4-5,7-8,12,16-19H,3,6,9-11H2. The number of rotatable bonds is 5. The molecule has 2 aromatic carbocycles. The van der Waals surface area contributed by atoms with Crippen molar-refractivity contribution in [3.63, 3.8) is 0 Å². The number of benzene rings is 2. The first-order valence-electron chi connectivity index (χ1n) is 7.36. The maximum atomic E-state index is 10.1. The van der Waals surface area contributed by atoms with Crippen molar-refractivity contribution in [1.29, 1.82) is 0 Å². The second kappa shape index (κ2) is 6.25. The van der Waals surface area contributed by atoms with E-state index in [0.29, 0.717) is 13.0 Å². The molecule has 2 N–H and O–H groups in total. The Morgan fingerprint density at radius 2 is 2.05 bits per heavy atom. The topological polar surface area (TPSA) is 41.5 Å². The Morgan fingerprint density at radius 1 is 1.20 bits per heavy atom. The zero-order chi connectivity index (χ0) is 13.8. The zero-order valence-electron chi connectivity index (χ0n) is 11.6. The van der Waals surface area contributed by atoms with Gasteiger partial charge in [0.1, 0.15) is 5.75 Å². The van der Waals surface area contributed by atoms with Gasteiger partial charge in [-0.3, -0.25) is 0 Å². The van der Waals surface area contributed by atoms with E-state index in [2.05, 4.69) is 29.6 Å². The van der Waals surface area contributed by atoms with E-state index in [1.54, 1.807) is 0 Å². The molecule has 3 nitrogen and oxygen atoms in total. The first-order chi connectivity index (χ1) is 9.83. The Labute approximate surface area is 119 Å². The number of nitrogens with one attached hydrogen (secondary N) is 1. The van der Waals surface area contributed by atoms with Gasteiger partial charge in [0.15, 0.2) is 0 Å². The molecule has 2 aromatic rings. The van der Waals surface area contributed by atoms with Crippen LogP contribution in [0.25, 0.3) is 10.8 Å². The van der Waals surface area contributed by atoms with Crippen molar-refractivity contribution in [1.82, 2.24) is 5.32 Å². The molecule has 0 saturated carbocycles. The number of aliphatic hydroxyl groups is 1. The minimum atomic E-state index is -0.307. The van der Waals surface area contributed by atoms with E-state index in [1.165, 1.54) is 10.8 Å². The van der Waals surface area contributed by atoms with Gasteiger partial charge >= 0.3 is 0 Å². The van der Waals surface area contributed by atoms with Crippen LogP contribution in [-0.2, 0) is 0 Å². The number of fused-ring (bicyclic) bond motifs is 1. The fraction of sp³-hybridized carbons (Fsp3) is 0.412. The molecule has 20 heavy (non-hydrogen) atoms. The second-order valence-corrected chi connectivity index (χ2v) is 5.42. The molecule has 0 radical (unpaired) electrons. The molecule has 2 atom stereocenters. The smallest absolute Gasteiger partial charge is 0.119 e. The maximum absolute atomic E-state index is 10.1. The molecule has 1 fully saturated rings. The molecular weight excluding hydrogens is 250 g/mol. The third-order valence-electron chi connectivity index (χ3n) is 3.97. The molecule has 0 bridgehead atoms. The minimum absolute atomic E-state index is 0.246. The number of hydrogen-bond donors (Lipinski definition) is 2. The van der Waals surface area contributed by atoms with E-state index in [-0.39, 0.29) is 12.1 Å². The summed E-state index contributed by atoms with van der Waals surface area (Å²) in [4.78, 5) is 0. The highest BCUT2D eigenvalue weighted by molar-refractivity contribution is 5.83. The molecule has 3 heteroatoms. The third kappa shape index (κ3) is 3.11. The van der Waals surface area contributed by atoms with Gasteiger partial charge in [-0.25, -0.2) is 0 Å². The molecule has 1 aliphatic rings. The largest absolute Gasteiger partial charge is 0.493 e. The van der Waals surface area contributed by atoms with Gasteiger partial charge < -0.3 is 15.2 Å². The summed E-state index contributed by atoms with van der Waals surface area (Å²) in [5, 5.41) is 15.8. The zero-order valence-corrected chi connectivity index (χ0v) is 11.6. The number of aliphatic hydroxyl groups excluding tert-OH is 1. The Morgan fingerprint density at radius 3 is 2.85 bits per heavy atom. The quantitative estimate of drug-likeness (QED) is 0.878. The lowest BCUT2D eigenvalue weighted by molar-refractivity contribution is 0.107. The van der Waals surface area contributed by atoms with Crippen molar-refractivity contribution >= 4 is 10.8 Å². The predicted molar refractivity (Wildman–Crippen MR) is 81.1 cm³/mol. The Kier molecular flexibility index (Phi) is 4.19. The number of ether oxygens (including phenoxy) is 1. The Hall–Kier alpha value is -1.58. The molecule has 1 heterocycles. The van der Waals surface area contributed by atoms with Crippen molar-refractivity contribution in [2.75, 3.05) is 13.2 Å². The van der Waals surface area contributed by atoms with Gasteiger partial charge in [0, 0.05) is 12.5 Å². The van der Waals surface area contributed by atoms with Crippen molar-refractivity contribution < 1.29 is 9.84 Å². The summed E-state index contributed by atoms with van der Waals surface area (Å²) in [6.45, 7) is 1.57. The van der Waals surface area contributed by atoms with Crippen LogP contribution in [0.5, 0.6) is 5.75 Å². The van der Waals surface area contributed by atoms with E-state index in [9.17, 15) is 5.11 Å². The summed E-state index contributed by atoms with van der Waals surface area (Å²) in [5.41, 5.74) is 0. The van der Waals surface area contributed by atoms with Crippen molar-refractivity contribution in [2.24, 2.45) is 0 Å². The fourth-order valence-electron chi connectivity index (χ4n) is 2.80. The number of hydrogen-bond acceptors (Lipinski definition) is 3. The normalized spacial score (nSPS) is 20.1. The van der Waals surface area contributed by atoms with Crippen molar-refractivity contribution in [3.8, 4) is 5.75 Å². The molecule has 0 amide bonds. The highest BCUT2D eigenvalue weighted by Crippen LogP contribution is 2.21. The monoisotopic (exact) mass is 271 g/mol. The summed E-state index contributed by atoms with van der Waals surface area (Å²) in [6, 6.07) is 14.6. The minimum Gasteiger partial charge on any atom is -0.493 e. The lowest BCUT2D eigenvalue weighted by Crippen LogP contribution is -2.35. The summed E-state index contributed by atoms with van der Waals surface area (Å²) in [7, 11) is 0. The summed E-state index contributed by atoms with van der Waals surface area (Å²) in [5.74, 6) is 0.871. The van der Waals surface area contributed by atoms with Crippen LogP contribution in [-0.4, -0.2) is 30.4 Å². The van der Waals surface area contributed by atoms with Crippen molar-refractivity contribution in [2.45, 2.75) is 31.4 Å². The fourth-order valence-corrected chi connectivity index (χ4v) is 2.80. The van der Waals surface area contributed by atoms with E-state index in [4.69, 9.17) is 4.74 Å². The highest BCUT2D eigenvalue weighted by atomic mass is 16.5. The van der Waals surface area contributed by atoms with E-state index in [0.717, 1.165) is 25.1 Å². The van der Waals surface area contributed by atoms with Crippen LogP contribution in [0, 0.1) is 0 Å². The first-order valence-corrected chi connectivity index (χ1v) is 7.36. The Bertz CT molecular complexity index is 564. The average Bonchev–Trinajstić information content (AvgIpc) is 3.01. The van der Waals surface area contributed by atoms with Crippen LogP contribution in [0.2, 0.25) is 0 Å². The molecule has 1 aliphatic heterocycles. The summed E-state index contributed by atoms with van der Waals surface area (Å²) < 4.78 is 5.76. The van der Waals surface area contributed by atoms with Crippen LogP contribution in [0.4, 0.5) is 0 Å². The van der Waals surface area contributed by atoms with E-state index in [1.807, 2.05) is 18.2 Å². The van der Waals surface area contributed by atoms with E-state index < -0.39 is 0 Å². The van der Waals surface area contributed by atoms with Crippen LogP contribution in [0.3, 0.4) is 0 Å². The molecule has 106 valence electrons. The lowest BCUT2D eigenvalue weighted by atomic mass is 10.1. The van der Waals surface area contributed by atoms with Gasteiger partial charge in [0.05, 0.1) is 12.7 Å². The Balaban J connectivity index is 1.54. The summed E-state index contributed by atoms with van der Waals surface area (Å²) >= 11 is 0. The maximum Gasteiger partial charge on any atom is 0.119 e. The molecule has 0 spiro atoms. The molecule has 3 rings (SSSR count). The second-order valence-electron chi connectivity index (χ2n) is 5.42. The van der Waals surface area contributed by atoms with Crippen molar-refractivity contribution in [3.05, 3.63) is 42.5 Å². The van der Waals surface area contributed by atoms with Gasteiger partial charge in [-0.15, -0.1) is 0 Å². The average molecular weight is 271 g/mol. The van der Waals surface area contributed by atoms with Gasteiger partial charge in [0.25, 0.3) is 0 Å². The molecule has 2 unspecified atom stereocenters. The van der Waals surface area contributed by atoms with Gasteiger partial charge in [-0.05, 0) is 42.3 Å². The predicted octanol–water partition coefficient (Wildman–Crippen LogP) is 2.72. The molecule has 0 aliphatic carbocycles. The molecule has 1 saturated heterocycles. The van der Waals surface area contributed by atoms with Gasteiger partial charge in [-0.2, -0.15) is 0 Å². The molecular formula is C17H21NO2. The summed E-state index contributed by atoms with van der Waals surface area (Å²) in [6.07, 6.45) is 2.59. The van der Waals surface area contributed by atoms with Gasteiger partial charge in [0.2, 0.25) is 0 Å². The van der Waals surface area contributed by atoms with Crippen LogP contribution in [0.1, 0.15) is 19.3 Å². The van der Waals surface area contributed by atoms with Crippen LogP contribution in [0.15, 0.2) is 42.5 Å². The SMILES string of the molecule is OC(CCOc1ccc2ccccc2c1)C1CCCN1. The van der Waals surface area contributed by atoms with Gasteiger partial charge in [-0.1, -0.05) is 30.3 Å². The first kappa shape index (κ1) is 13.4. The molecule has 0 aromatic heterocycles. The highest BCUT2D eigenvalue weighted by Gasteiger charge is 2.22. The van der Waals surface area contributed by atoms with Crippen LogP contribution < -0.4 is 10.1 Å². The van der Waals surface area contributed by atoms with E-state index >= 15 is 0 Å². The lowest BCUT2D eigenvalue weighted by Gasteiger charge is -2.18. The van der Waals surface area contributed by atoms with Crippen LogP contribution >= 0.6 is 0 Å².